The molecule has 1 aliphatic carbocycles. The molecule has 7 heteroatoms. The van der Waals surface area contributed by atoms with Crippen LogP contribution in [0, 0.1) is 12.7 Å². The second-order valence-electron chi connectivity index (χ2n) is 7.15. The molecule has 2 heterocycles. The summed E-state index contributed by atoms with van der Waals surface area (Å²) in [5.74, 6) is 0.0185. The number of fused-ring (bicyclic) bond motifs is 1. The second kappa shape index (κ2) is 7.50. The number of carbonyl (C=O) groups excluding carboxylic acids is 2. The molecule has 0 saturated carbocycles. The van der Waals surface area contributed by atoms with Gasteiger partial charge < -0.3 is 15.6 Å². The highest BCUT2D eigenvalue weighted by Gasteiger charge is 2.28. The fourth-order valence-electron chi connectivity index (χ4n) is 3.70. The van der Waals surface area contributed by atoms with Crippen LogP contribution in [0.2, 0.25) is 0 Å². The van der Waals surface area contributed by atoms with E-state index in [0.717, 1.165) is 35.4 Å². The van der Waals surface area contributed by atoms with Gasteiger partial charge in [0.2, 0.25) is 5.91 Å². The Balaban J connectivity index is 1.87. The number of nitrogens with zero attached hydrogens (tertiary/aromatic N) is 1. The third-order valence-electron chi connectivity index (χ3n) is 5.07. The van der Waals surface area contributed by atoms with Gasteiger partial charge in [-0.15, -0.1) is 0 Å². The summed E-state index contributed by atoms with van der Waals surface area (Å²) in [5, 5.41) is 6.03. The molecule has 0 radical (unpaired) electrons. The van der Waals surface area contributed by atoms with E-state index in [2.05, 4.69) is 20.6 Å². The maximum Gasteiger partial charge on any atom is 0.222 e. The van der Waals surface area contributed by atoms with Gasteiger partial charge in [0.15, 0.2) is 5.78 Å². The van der Waals surface area contributed by atoms with E-state index in [0.29, 0.717) is 29.2 Å². The molecule has 3 aromatic rings. The van der Waals surface area contributed by atoms with Gasteiger partial charge in [-0.25, -0.2) is 9.37 Å². The van der Waals surface area contributed by atoms with Crippen molar-refractivity contribution in [3.05, 3.63) is 59.2 Å². The first-order valence-corrected chi connectivity index (χ1v) is 9.48. The monoisotopic (exact) mass is 392 g/mol. The van der Waals surface area contributed by atoms with Crippen molar-refractivity contribution in [2.75, 3.05) is 10.6 Å². The molecule has 4 rings (SSSR count). The maximum atomic E-state index is 13.3. The molecule has 0 aliphatic heterocycles. The van der Waals surface area contributed by atoms with Crippen molar-refractivity contribution >= 4 is 28.9 Å². The average Bonchev–Trinajstić information content (AvgIpc) is 3.04. The van der Waals surface area contributed by atoms with Gasteiger partial charge in [0.25, 0.3) is 0 Å². The van der Waals surface area contributed by atoms with Gasteiger partial charge in [-0.3, -0.25) is 9.59 Å². The Bertz CT molecular complexity index is 1100. The minimum absolute atomic E-state index is 0.0761. The summed E-state index contributed by atoms with van der Waals surface area (Å²) in [7, 11) is 0. The van der Waals surface area contributed by atoms with Crippen LogP contribution in [0.25, 0.3) is 11.3 Å². The van der Waals surface area contributed by atoms with Crippen LogP contribution in [0.3, 0.4) is 0 Å². The van der Waals surface area contributed by atoms with Crippen LogP contribution in [0.1, 0.15) is 41.4 Å². The van der Waals surface area contributed by atoms with E-state index in [1.807, 2.05) is 13.0 Å². The van der Waals surface area contributed by atoms with Crippen molar-refractivity contribution in [1.29, 1.82) is 0 Å². The molecule has 3 N–H and O–H groups in total. The number of Topliss-reactive ketones (excluding diaryl/α,β-unsaturated/α-hetero) is 1. The quantitative estimate of drug-likeness (QED) is 0.598. The Morgan fingerprint density at radius 2 is 1.93 bits per heavy atom. The van der Waals surface area contributed by atoms with Gasteiger partial charge in [0.05, 0.1) is 16.9 Å². The number of ketones is 1. The zero-order valence-corrected chi connectivity index (χ0v) is 16.2. The molecule has 29 heavy (non-hydrogen) atoms. The average molecular weight is 392 g/mol. The van der Waals surface area contributed by atoms with Crippen LogP contribution in [0.15, 0.2) is 36.5 Å². The summed E-state index contributed by atoms with van der Waals surface area (Å²) >= 11 is 0. The number of nitrogens with one attached hydrogen (secondary N) is 3. The van der Waals surface area contributed by atoms with Gasteiger partial charge in [-0.1, -0.05) is 0 Å². The molecule has 1 aromatic carbocycles. The van der Waals surface area contributed by atoms with E-state index in [1.54, 1.807) is 18.3 Å². The Labute approximate surface area is 167 Å². The molecular weight excluding hydrogens is 371 g/mol. The summed E-state index contributed by atoms with van der Waals surface area (Å²) in [6.07, 6.45) is 3.70. The lowest BCUT2D eigenvalue weighted by Crippen LogP contribution is -2.11. The first kappa shape index (κ1) is 18.9. The summed E-state index contributed by atoms with van der Waals surface area (Å²) in [6, 6.07) is 7.85. The molecule has 6 nitrogen and oxygen atoms in total. The first-order valence-electron chi connectivity index (χ1n) is 9.48. The molecule has 1 amide bonds. The number of carbonyl (C=O) groups is 2. The summed E-state index contributed by atoms with van der Waals surface area (Å²) in [4.78, 5) is 31.9. The molecule has 0 saturated heterocycles. The Kier molecular flexibility index (Phi) is 4.88. The number of pyridine rings is 1. The smallest absolute Gasteiger partial charge is 0.222 e. The molecule has 1 aliphatic rings. The van der Waals surface area contributed by atoms with Crippen LogP contribution >= 0.6 is 0 Å². The number of amides is 1. The van der Waals surface area contributed by atoms with E-state index in [-0.39, 0.29) is 17.5 Å². The maximum absolute atomic E-state index is 13.3. The minimum Gasteiger partial charge on any atom is -0.356 e. The number of halogens is 1. The summed E-state index contributed by atoms with van der Waals surface area (Å²) in [5.41, 5.74) is 5.25. The number of aromatic nitrogens is 2. The predicted molar refractivity (Wildman–Crippen MR) is 110 cm³/mol. The third kappa shape index (κ3) is 3.63. The number of hydrogen-bond acceptors (Lipinski definition) is 4. The normalized spacial score (nSPS) is 13.1. The Hall–Kier alpha value is -3.48. The molecule has 0 fully saturated rings. The lowest BCUT2D eigenvalue weighted by molar-refractivity contribution is -0.114. The SMILES string of the molecule is CC(=O)Nc1nccc(-c2[nH]c3c(c2Nc2ccc(F)cc2)C(=O)CCC3)c1C. The van der Waals surface area contributed by atoms with Gasteiger partial charge in [0.1, 0.15) is 11.6 Å². The van der Waals surface area contributed by atoms with Crippen LogP contribution in [-0.4, -0.2) is 21.7 Å². The van der Waals surface area contributed by atoms with Crippen molar-refractivity contribution in [2.45, 2.75) is 33.1 Å². The number of benzene rings is 1. The van der Waals surface area contributed by atoms with Crippen molar-refractivity contribution in [2.24, 2.45) is 0 Å². The van der Waals surface area contributed by atoms with Crippen LogP contribution in [-0.2, 0) is 11.2 Å². The Morgan fingerprint density at radius 1 is 1.17 bits per heavy atom. The van der Waals surface area contributed by atoms with E-state index in [9.17, 15) is 14.0 Å². The number of rotatable bonds is 4. The molecule has 0 unspecified atom stereocenters. The largest absolute Gasteiger partial charge is 0.356 e. The van der Waals surface area contributed by atoms with Crippen LogP contribution in [0.5, 0.6) is 0 Å². The van der Waals surface area contributed by atoms with E-state index < -0.39 is 0 Å². The zero-order valence-electron chi connectivity index (χ0n) is 16.2. The number of anilines is 3. The highest BCUT2D eigenvalue weighted by molar-refractivity contribution is 6.07. The van der Waals surface area contributed by atoms with Crippen LogP contribution < -0.4 is 10.6 Å². The first-order chi connectivity index (χ1) is 13.9. The highest BCUT2D eigenvalue weighted by Crippen LogP contribution is 2.40. The molecule has 0 bridgehead atoms. The Morgan fingerprint density at radius 3 is 2.66 bits per heavy atom. The summed E-state index contributed by atoms with van der Waals surface area (Å²) in [6.45, 7) is 3.30. The fourth-order valence-corrected chi connectivity index (χ4v) is 3.70. The van der Waals surface area contributed by atoms with E-state index in [1.165, 1.54) is 19.1 Å². The predicted octanol–water partition coefficient (Wildman–Crippen LogP) is 4.75. The fraction of sp³-hybridized carbons (Fsp3) is 0.227. The number of aryl methyl sites for hydroxylation is 1. The van der Waals surface area contributed by atoms with Gasteiger partial charge in [-0.05, 0) is 50.1 Å². The van der Waals surface area contributed by atoms with Crippen molar-refractivity contribution in [1.82, 2.24) is 9.97 Å². The lowest BCUT2D eigenvalue weighted by Gasteiger charge is -2.15. The molecule has 2 aromatic heterocycles. The molecule has 0 atom stereocenters. The highest BCUT2D eigenvalue weighted by atomic mass is 19.1. The second-order valence-corrected chi connectivity index (χ2v) is 7.15. The number of aromatic amines is 1. The minimum atomic E-state index is -0.326. The van der Waals surface area contributed by atoms with Gasteiger partial charge >= 0.3 is 0 Å². The van der Waals surface area contributed by atoms with Gasteiger partial charge in [0, 0.05) is 42.0 Å². The van der Waals surface area contributed by atoms with Crippen LogP contribution in [0.4, 0.5) is 21.6 Å². The van der Waals surface area contributed by atoms with Crippen molar-refractivity contribution in [3.8, 4) is 11.3 Å². The van der Waals surface area contributed by atoms with Crippen molar-refractivity contribution < 1.29 is 14.0 Å². The molecule has 148 valence electrons. The standard InChI is InChI=1S/C22H21FN4O2/c1-12-16(10-11-24-22(12)25-13(2)28)20-21(26-15-8-6-14(23)7-9-15)19-17(27-20)4-3-5-18(19)29/h6-11,26-27H,3-5H2,1-2H3,(H,24,25,28). The van der Waals surface area contributed by atoms with E-state index in [4.69, 9.17) is 0 Å². The zero-order chi connectivity index (χ0) is 20.5. The topological polar surface area (TPSA) is 86.9 Å². The van der Waals surface area contributed by atoms with E-state index >= 15 is 0 Å². The van der Waals surface area contributed by atoms with Crippen molar-refractivity contribution in [3.63, 3.8) is 0 Å². The lowest BCUT2D eigenvalue weighted by atomic mass is 9.94. The van der Waals surface area contributed by atoms with Gasteiger partial charge in [-0.2, -0.15) is 0 Å². The number of H-pyrrole nitrogens is 1. The molecular formula is C22H21FN4O2. The summed E-state index contributed by atoms with van der Waals surface area (Å²) < 4.78 is 13.3. The molecule has 0 spiro atoms. The third-order valence-corrected chi connectivity index (χ3v) is 5.07. The number of hydrogen-bond donors (Lipinski definition) is 3.